The van der Waals surface area contributed by atoms with Gasteiger partial charge in [0.25, 0.3) is 0 Å². The Morgan fingerprint density at radius 1 is 1.08 bits per heavy atom. The van der Waals surface area contributed by atoms with E-state index < -0.39 is 16.1 Å². The summed E-state index contributed by atoms with van der Waals surface area (Å²) in [7, 11) is -3.65. The fraction of sp³-hybridized carbons (Fsp3) is 0.316. The molecule has 0 bridgehead atoms. The maximum atomic E-state index is 13.0. The fourth-order valence-corrected chi connectivity index (χ4v) is 4.77. The highest BCUT2D eigenvalue weighted by Gasteiger charge is 2.39. The van der Waals surface area contributed by atoms with Gasteiger partial charge in [0.1, 0.15) is 0 Å². The number of benzene rings is 2. The number of hydrogen-bond donors (Lipinski definition) is 0. The monoisotopic (exact) mass is 343 g/mol. The van der Waals surface area contributed by atoms with E-state index in [-0.39, 0.29) is 10.7 Å². The van der Waals surface area contributed by atoms with Crippen molar-refractivity contribution in [3.8, 4) is 0 Å². The highest BCUT2D eigenvalue weighted by molar-refractivity contribution is 7.89. The van der Waals surface area contributed by atoms with Crippen LogP contribution in [0.15, 0.2) is 59.5 Å². The van der Waals surface area contributed by atoms with Gasteiger partial charge in [0.2, 0.25) is 10.0 Å². The fourth-order valence-electron chi connectivity index (χ4n) is 3.12. The first-order valence-corrected chi connectivity index (χ1v) is 9.68. The second-order valence-electron chi connectivity index (χ2n) is 6.00. The molecule has 0 aromatic heterocycles. The first-order valence-electron chi connectivity index (χ1n) is 8.24. The quantitative estimate of drug-likeness (QED) is 0.783. The lowest BCUT2D eigenvalue weighted by Gasteiger charge is -2.23. The van der Waals surface area contributed by atoms with Crippen LogP contribution < -0.4 is 0 Å². The van der Waals surface area contributed by atoms with Gasteiger partial charge in [-0.3, -0.25) is 4.79 Å². The van der Waals surface area contributed by atoms with Gasteiger partial charge in [-0.05, 0) is 37.0 Å². The van der Waals surface area contributed by atoms with Crippen molar-refractivity contribution in [2.75, 3.05) is 6.54 Å². The van der Waals surface area contributed by atoms with Gasteiger partial charge in [0.15, 0.2) is 5.78 Å². The number of rotatable bonds is 5. The van der Waals surface area contributed by atoms with Gasteiger partial charge in [-0.15, -0.1) is 0 Å². The van der Waals surface area contributed by atoms with Crippen molar-refractivity contribution in [1.82, 2.24) is 4.31 Å². The van der Waals surface area contributed by atoms with Gasteiger partial charge < -0.3 is 0 Å². The van der Waals surface area contributed by atoms with Crippen LogP contribution in [0.1, 0.15) is 35.7 Å². The number of ketones is 1. The predicted octanol–water partition coefficient (Wildman–Crippen LogP) is 3.29. The molecule has 4 nitrogen and oxygen atoms in total. The van der Waals surface area contributed by atoms with Crippen LogP contribution in [-0.2, 0) is 16.4 Å². The summed E-state index contributed by atoms with van der Waals surface area (Å²) >= 11 is 0. The summed E-state index contributed by atoms with van der Waals surface area (Å²) in [6, 6.07) is 15.2. The maximum Gasteiger partial charge on any atom is 0.243 e. The summed E-state index contributed by atoms with van der Waals surface area (Å²) in [5.74, 6) is -0.123. The SMILES string of the molecule is CCc1ccc(S(=O)(=O)N2CCCC2C(=O)c2ccccc2)cc1. The van der Waals surface area contributed by atoms with Crippen molar-refractivity contribution < 1.29 is 13.2 Å². The van der Waals surface area contributed by atoms with Gasteiger partial charge in [-0.25, -0.2) is 8.42 Å². The Kier molecular flexibility index (Phi) is 4.83. The summed E-state index contributed by atoms with van der Waals surface area (Å²) < 4.78 is 27.3. The summed E-state index contributed by atoms with van der Waals surface area (Å²) in [6.07, 6.45) is 2.13. The summed E-state index contributed by atoms with van der Waals surface area (Å²) in [4.78, 5) is 13.0. The number of aryl methyl sites for hydroxylation is 1. The number of carbonyl (C=O) groups is 1. The minimum Gasteiger partial charge on any atom is -0.292 e. The molecule has 2 aromatic carbocycles. The second kappa shape index (κ2) is 6.87. The van der Waals surface area contributed by atoms with E-state index in [1.54, 1.807) is 36.4 Å². The molecule has 1 heterocycles. The number of Topliss-reactive ketones (excluding diaryl/α,β-unsaturated/α-hetero) is 1. The molecule has 0 N–H and O–H groups in total. The minimum absolute atomic E-state index is 0.123. The van der Waals surface area contributed by atoms with E-state index in [9.17, 15) is 13.2 Å². The Hall–Kier alpha value is -1.98. The summed E-state index contributed by atoms with van der Waals surface area (Å²) in [5.41, 5.74) is 1.65. The van der Waals surface area contributed by atoms with Crippen LogP contribution in [0.4, 0.5) is 0 Å². The third-order valence-corrected chi connectivity index (χ3v) is 6.43. The van der Waals surface area contributed by atoms with Crippen molar-refractivity contribution in [2.24, 2.45) is 0 Å². The number of nitrogens with zero attached hydrogens (tertiary/aromatic N) is 1. The van der Waals surface area contributed by atoms with Crippen LogP contribution in [0, 0.1) is 0 Å². The van der Waals surface area contributed by atoms with Crippen LogP contribution >= 0.6 is 0 Å². The molecule has 0 saturated carbocycles. The van der Waals surface area contributed by atoms with Gasteiger partial charge in [0, 0.05) is 12.1 Å². The molecule has 1 aliphatic rings. The third kappa shape index (κ3) is 3.14. The van der Waals surface area contributed by atoms with Crippen LogP contribution in [0.25, 0.3) is 0 Å². The third-order valence-electron chi connectivity index (χ3n) is 4.50. The minimum atomic E-state index is -3.65. The van der Waals surface area contributed by atoms with E-state index in [1.165, 1.54) is 4.31 Å². The van der Waals surface area contributed by atoms with Crippen molar-refractivity contribution >= 4 is 15.8 Å². The van der Waals surface area contributed by atoms with Gasteiger partial charge in [-0.2, -0.15) is 4.31 Å². The summed E-state index contributed by atoms with van der Waals surface area (Å²) in [5, 5.41) is 0. The van der Waals surface area contributed by atoms with Gasteiger partial charge in [-0.1, -0.05) is 49.4 Å². The maximum absolute atomic E-state index is 13.0. The first kappa shape index (κ1) is 16.9. The molecular formula is C19H21NO3S. The lowest BCUT2D eigenvalue weighted by Crippen LogP contribution is -2.40. The Morgan fingerprint density at radius 3 is 2.38 bits per heavy atom. The normalized spacial score (nSPS) is 18.6. The zero-order valence-corrected chi connectivity index (χ0v) is 14.5. The zero-order chi connectivity index (χ0) is 17.2. The Bertz CT molecular complexity index is 813. The van der Waals surface area contributed by atoms with E-state index in [4.69, 9.17) is 0 Å². The lowest BCUT2D eigenvalue weighted by atomic mass is 10.0. The van der Waals surface area contributed by atoms with E-state index in [1.807, 2.05) is 25.1 Å². The Labute approximate surface area is 143 Å². The molecule has 1 atom stereocenters. The molecule has 1 unspecified atom stereocenters. The first-order chi connectivity index (χ1) is 11.5. The highest BCUT2D eigenvalue weighted by atomic mass is 32.2. The van der Waals surface area contributed by atoms with Gasteiger partial charge >= 0.3 is 0 Å². The number of hydrogen-bond acceptors (Lipinski definition) is 3. The molecule has 0 amide bonds. The average molecular weight is 343 g/mol. The molecule has 2 aromatic rings. The summed E-state index contributed by atoms with van der Waals surface area (Å²) in [6.45, 7) is 2.42. The average Bonchev–Trinajstić information content (AvgIpc) is 3.12. The molecule has 5 heteroatoms. The topological polar surface area (TPSA) is 54.5 Å². The second-order valence-corrected chi connectivity index (χ2v) is 7.89. The predicted molar refractivity (Wildman–Crippen MR) is 93.5 cm³/mol. The number of sulfonamides is 1. The van der Waals surface area contributed by atoms with E-state index in [2.05, 4.69) is 0 Å². The van der Waals surface area contributed by atoms with Crippen molar-refractivity contribution in [3.05, 3.63) is 65.7 Å². The molecule has 0 spiro atoms. The molecular weight excluding hydrogens is 322 g/mol. The van der Waals surface area contributed by atoms with Crippen LogP contribution in [0.3, 0.4) is 0 Å². The van der Waals surface area contributed by atoms with Crippen molar-refractivity contribution in [2.45, 2.75) is 37.1 Å². The molecule has 24 heavy (non-hydrogen) atoms. The Balaban J connectivity index is 1.90. The molecule has 1 fully saturated rings. The van der Waals surface area contributed by atoms with Crippen molar-refractivity contribution in [1.29, 1.82) is 0 Å². The molecule has 1 aliphatic heterocycles. The Morgan fingerprint density at radius 2 is 1.75 bits per heavy atom. The van der Waals surface area contributed by atoms with E-state index >= 15 is 0 Å². The molecule has 3 rings (SSSR count). The van der Waals surface area contributed by atoms with E-state index in [0.29, 0.717) is 24.9 Å². The smallest absolute Gasteiger partial charge is 0.243 e. The van der Waals surface area contributed by atoms with E-state index in [0.717, 1.165) is 12.0 Å². The number of carbonyl (C=O) groups excluding carboxylic acids is 1. The standard InChI is InChI=1S/C19H21NO3S/c1-2-15-10-12-17(13-11-15)24(22,23)20-14-6-9-18(20)19(21)16-7-4-3-5-8-16/h3-5,7-8,10-13,18H,2,6,9,14H2,1H3. The molecule has 0 aliphatic carbocycles. The van der Waals surface area contributed by atoms with Crippen LogP contribution in [0.2, 0.25) is 0 Å². The molecule has 126 valence electrons. The van der Waals surface area contributed by atoms with Crippen LogP contribution in [-0.4, -0.2) is 31.1 Å². The highest BCUT2D eigenvalue weighted by Crippen LogP contribution is 2.28. The van der Waals surface area contributed by atoms with Crippen LogP contribution in [0.5, 0.6) is 0 Å². The van der Waals surface area contributed by atoms with Gasteiger partial charge in [0.05, 0.1) is 10.9 Å². The lowest BCUT2D eigenvalue weighted by molar-refractivity contribution is 0.0918. The molecule has 0 radical (unpaired) electrons. The largest absolute Gasteiger partial charge is 0.292 e. The zero-order valence-electron chi connectivity index (χ0n) is 13.7. The van der Waals surface area contributed by atoms with Crippen molar-refractivity contribution in [3.63, 3.8) is 0 Å². The molecule has 1 saturated heterocycles.